The lowest BCUT2D eigenvalue weighted by molar-refractivity contribution is -0.384. The second-order valence-electron chi connectivity index (χ2n) is 8.50. The normalized spacial score (nSPS) is 17.1. The SMILES string of the molecule is O=C(c1ccc(N2CCCN(C(=O)c3cccc(F)c3)CC2)c([N+](=O)[O-])c1)N1CCCNCC1. The first-order chi connectivity index (χ1) is 16.4. The Morgan fingerprint density at radius 3 is 2.35 bits per heavy atom. The van der Waals surface area contributed by atoms with E-state index in [1.807, 2.05) is 4.90 Å². The van der Waals surface area contributed by atoms with Gasteiger partial charge in [-0.1, -0.05) is 6.07 Å². The first-order valence-corrected chi connectivity index (χ1v) is 11.5. The first kappa shape index (κ1) is 23.6. The number of carbonyl (C=O) groups is 2. The predicted molar refractivity (Wildman–Crippen MR) is 126 cm³/mol. The van der Waals surface area contributed by atoms with Crippen LogP contribution in [0.4, 0.5) is 15.8 Å². The van der Waals surface area contributed by atoms with E-state index in [0.717, 1.165) is 13.0 Å². The fraction of sp³-hybridized carbons (Fsp3) is 0.417. The molecule has 0 atom stereocenters. The van der Waals surface area contributed by atoms with Crippen LogP contribution in [0, 0.1) is 15.9 Å². The lowest BCUT2D eigenvalue weighted by Crippen LogP contribution is -2.35. The average molecular weight is 470 g/mol. The van der Waals surface area contributed by atoms with Crippen molar-refractivity contribution < 1.29 is 18.9 Å². The van der Waals surface area contributed by atoms with Gasteiger partial charge in [-0.05, 0) is 49.7 Å². The minimum Gasteiger partial charge on any atom is -0.364 e. The zero-order chi connectivity index (χ0) is 24.1. The van der Waals surface area contributed by atoms with E-state index in [9.17, 15) is 24.1 Å². The second kappa shape index (κ2) is 10.6. The van der Waals surface area contributed by atoms with E-state index >= 15 is 0 Å². The van der Waals surface area contributed by atoms with Gasteiger partial charge in [-0.3, -0.25) is 19.7 Å². The Labute approximate surface area is 197 Å². The van der Waals surface area contributed by atoms with Gasteiger partial charge in [0, 0.05) is 63.0 Å². The summed E-state index contributed by atoms with van der Waals surface area (Å²) in [5, 5.41) is 15.1. The van der Waals surface area contributed by atoms with E-state index in [1.54, 1.807) is 28.0 Å². The zero-order valence-corrected chi connectivity index (χ0v) is 18.9. The largest absolute Gasteiger partial charge is 0.364 e. The number of rotatable bonds is 4. The Hall–Kier alpha value is -3.53. The van der Waals surface area contributed by atoms with Crippen LogP contribution >= 0.6 is 0 Å². The summed E-state index contributed by atoms with van der Waals surface area (Å²) >= 11 is 0. The molecule has 34 heavy (non-hydrogen) atoms. The molecule has 0 saturated carbocycles. The van der Waals surface area contributed by atoms with Crippen molar-refractivity contribution in [1.29, 1.82) is 0 Å². The summed E-state index contributed by atoms with van der Waals surface area (Å²) in [6, 6.07) is 10.2. The maximum Gasteiger partial charge on any atom is 0.293 e. The van der Waals surface area contributed by atoms with Crippen LogP contribution in [-0.2, 0) is 0 Å². The average Bonchev–Trinajstić information content (AvgIpc) is 3.26. The van der Waals surface area contributed by atoms with Gasteiger partial charge >= 0.3 is 0 Å². The number of benzene rings is 2. The number of hydrogen-bond donors (Lipinski definition) is 1. The number of nitro groups is 1. The highest BCUT2D eigenvalue weighted by Crippen LogP contribution is 2.31. The van der Waals surface area contributed by atoms with Crippen LogP contribution < -0.4 is 10.2 Å². The molecule has 0 radical (unpaired) electrons. The number of nitrogens with one attached hydrogen (secondary N) is 1. The van der Waals surface area contributed by atoms with E-state index in [0.29, 0.717) is 63.5 Å². The monoisotopic (exact) mass is 469 g/mol. The van der Waals surface area contributed by atoms with E-state index in [1.165, 1.54) is 24.3 Å². The van der Waals surface area contributed by atoms with E-state index in [4.69, 9.17) is 0 Å². The van der Waals surface area contributed by atoms with Gasteiger partial charge in [0.05, 0.1) is 4.92 Å². The van der Waals surface area contributed by atoms with Gasteiger partial charge in [0.15, 0.2) is 0 Å². The summed E-state index contributed by atoms with van der Waals surface area (Å²) in [6.45, 7) is 4.47. The molecule has 10 heteroatoms. The maximum absolute atomic E-state index is 13.5. The molecule has 1 N–H and O–H groups in total. The molecule has 0 unspecified atom stereocenters. The Kier molecular flexibility index (Phi) is 7.36. The number of hydrogen-bond acceptors (Lipinski definition) is 6. The number of carbonyl (C=O) groups excluding carboxylic acids is 2. The highest BCUT2D eigenvalue weighted by molar-refractivity contribution is 5.96. The molecule has 2 aromatic carbocycles. The zero-order valence-electron chi connectivity index (χ0n) is 18.9. The summed E-state index contributed by atoms with van der Waals surface area (Å²) in [6.07, 6.45) is 1.45. The van der Waals surface area contributed by atoms with Crippen LogP contribution in [0.2, 0.25) is 0 Å². The lowest BCUT2D eigenvalue weighted by atomic mass is 10.1. The smallest absolute Gasteiger partial charge is 0.293 e. The van der Waals surface area contributed by atoms with Gasteiger partial charge in [-0.15, -0.1) is 0 Å². The van der Waals surface area contributed by atoms with E-state index in [2.05, 4.69) is 5.32 Å². The molecule has 4 rings (SSSR count). The fourth-order valence-electron chi connectivity index (χ4n) is 4.47. The lowest BCUT2D eigenvalue weighted by Gasteiger charge is -2.24. The van der Waals surface area contributed by atoms with Gasteiger partial charge in [-0.2, -0.15) is 0 Å². The van der Waals surface area contributed by atoms with Crippen molar-refractivity contribution in [1.82, 2.24) is 15.1 Å². The molecule has 0 aromatic heterocycles. The standard InChI is InChI=1S/C24H28FN5O4/c25-20-5-1-4-18(16-20)23(31)29-12-3-11-27(14-15-29)21-7-6-19(17-22(21)30(33)34)24(32)28-10-2-8-26-9-13-28/h1,4-7,16-17,26H,2-3,8-15H2. The molecule has 2 saturated heterocycles. The van der Waals surface area contributed by atoms with Crippen LogP contribution in [0.25, 0.3) is 0 Å². The Morgan fingerprint density at radius 2 is 1.59 bits per heavy atom. The van der Waals surface area contributed by atoms with E-state index < -0.39 is 10.7 Å². The third-order valence-corrected chi connectivity index (χ3v) is 6.24. The summed E-state index contributed by atoms with van der Waals surface area (Å²) in [7, 11) is 0. The Bertz CT molecular complexity index is 1070. The van der Waals surface area contributed by atoms with E-state index in [-0.39, 0.29) is 23.1 Å². The summed E-state index contributed by atoms with van der Waals surface area (Å²) in [5.41, 5.74) is 0.893. The fourth-order valence-corrected chi connectivity index (χ4v) is 4.47. The molecule has 2 aliphatic rings. The molecule has 2 aromatic rings. The van der Waals surface area contributed by atoms with Gasteiger partial charge in [0.25, 0.3) is 17.5 Å². The summed E-state index contributed by atoms with van der Waals surface area (Å²) in [5.74, 6) is -0.936. The summed E-state index contributed by atoms with van der Waals surface area (Å²) < 4.78 is 13.5. The number of nitrogens with zero attached hydrogens (tertiary/aromatic N) is 4. The van der Waals surface area contributed by atoms with Crippen LogP contribution in [-0.4, -0.2) is 78.9 Å². The van der Waals surface area contributed by atoms with Crippen molar-refractivity contribution in [2.45, 2.75) is 12.8 Å². The van der Waals surface area contributed by atoms with Crippen LogP contribution in [0.1, 0.15) is 33.6 Å². The minimum atomic E-state index is -0.469. The minimum absolute atomic E-state index is 0.122. The first-order valence-electron chi connectivity index (χ1n) is 11.5. The van der Waals surface area contributed by atoms with Crippen molar-refractivity contribution in [2.75, 3.05) is 57.3 Å². The molecule has 2 amide bonds. The van der Waals surface area contributed by atoms with Crippen molar-refractivity contribution >= 4 is 23.2 Å². The summed E-state index contributed by atoms with van der Waals surface area (Å²) in [4.78, 5) is 42.4. The second-order valence-corrected chi connectivity index (χ2v) is 8.50. The Balaban J connectivity index is 1.50. The maximum atomic E-state index is 13.5. The third kappa shape index (κ3) is 5.33. The number of anilines is 1. The number of amides is 2. The van der Waals surface area contributed by atoms with Gasteiger partial charge < -0.3 is 20.0 Å². The molecule has 2 heterocycles. The molecule has 0 aliphatic carbocycles. The molecule has 2 aliphatic heterocycles. The van der Waals surface area contributed by atoms with Crippen LogP contribution in [0.15, 0.2) is 42.5 Å². The van der Waals surface area contributed by atoms with Gasteiger partial charge in [0.1, 0.15) is 11.5 Å². The number of halogens is 1. The van der Waals surface area contributed by atoms with Crippen LogP contribution in [0.5, 0.6) is 0 Å². The molecule has 0 spiro atoms. The van der Waals surface area contributed by atoms with Crippen molar-refractivity contribution in [2.24, 2.45) is 0 Å². The molecule has 0 bridgehead atoms. The number of nitro benzene ring substituents is 1. The third-order valence-electron chi connectivity index (χ3n) is 6.24. The van der Waals surface area contributed by atoms with Crippen molar-refractivity contribution in [3.05, 3.63) is 69.5 Å². The quantitative estimate of drug-likeness (QED) is 0.546. The highest BCUT2D eigenvalue weighted by atomic mass is 19.1. The molecule has 9 nitrogen and oxygen atoms in total. The predicted octanol–water partition coefficient (Wildman–Crippen LogP) is 2.52. The van der Waals surface area contributed by atoms with Crippen molar-refractivity contribution in [3.8, 4) is 0 Å². The van der Waals surface area contributed by atoms with Gasteiger partial charge in [-0.25, -0.2) is 4.39 Å². The van der Waals surface area contributed by atoms with Crippen molar-refractivity contribution in [3.63, 3.8) is 0 Å². The molecular weight excluding hydrogens is 441 g/mol. The molecule has 180 valence electrons. The van der Waals surface area contributed by atoms with Crippen LogP contribution in [0.3, 0.4) is 0 Å². The Morgan fingerprint density at radius 1 is 0.853 bits per heavy atom. The van der Waals surface area contributed by atoms with Gasteiger partial charge in [0.2, 0.25) is 0 Å². The molecule has 2 fully saturated rings. The topological polar surface area (TPSA) is 99.0 Å². The molecular formula is C24H28FN5O4. The highest BCUT2D eigenvalue weighted by Gasteiger charge is 2.27.